The van der Waals surface area contributed by atoms with Gasteiger partial charge in [-0.1, -0.05) is 6.07 Å². The Kier molecular flexibility index (Phi) is 2.46. The van der Waals surface area contributed by atoms with E-state index in [0.29, 0.717) is 0 Å². The monoisotopic (exact) mass is 270 g/mol. The number of fused-ring (bicyclic) bond motifs is 1. The number of carbonyl (C=O) groups excluding carboxylic acids is 1. The van der Waals surface area contributed by atoms with Crippen molar-refractivity contribution >= 4 is 17.4 Å². The molecule has 1 aliphatic heterocycles. The van der Waals surface area contributed by atoms with E-state index in [4.69, 9.17) is 0 Å². The molecule has 17 heavy (non-hydrogen) atoms. The summed E-state index contributed by atoms with van der Waals surface area (Å²) < 4.78 is 58.6. The Bertz CT molecular complexity index is 484. The highest BCUT2D eigenvalue weighted by atomic mass is 35.5. The number of rotatable bonds is 2. The van der Waals surface area contributed by atoms with Crippen molar-refractivity contribution in [1.82, 2.24) is 0 Å². The SMILES string of the molecule is O=C(c1cccc2c1OC(F)(F)O2)C(F)(F)Cl. The van der Waals surface area contributed by atoms with Crippen LogP contribution in [0.3, 0.4) is 0 Å². The van der Waals surface area contributed by atoms with Crippen molar-refractivity contribution in [2.75, 3.05) is 0 Å². The summed E-state index contributed by atoms with van der Waals surface area (Å²) in [6.45, 7) is 0. The Morgan fingerprint density at radius 2 is 1.94 bits per heavy atom. The van der Waals surface area contributed by atoms with E-state index in [1.165, 1.54) is 0 Å². The van der Waals surface area contributed by atoms with Gasteiger partial charge in [0.2, 0.25) is 0 Å². The number of benzene rings is 1. The lowest BCUT2D eigenvalue weighted by atomic mass is 10.1. The average Bonchev–Trinajstić information content (AvgIpc) is 2.48. The highest BCUT2D eigenvalue weighted by molar-refractivity contribution is 6.35. The molecule has 3 nitrogen and oxygen atoms in total. The van der Waals surface area contributed by atoms with Crippen molar-refractivity contribution in [3.05, 3.63) is 23.8 Å². The van der Waals surface area contributed by atoms with E-state index in [1.54, 1.807) is 0 Å². The Labute approximate surface area is 96.9 Å². The molecule has 0 aromatic heterocycles. The van der Waals surface area contributed by atoms with Crippen LogP contribution in [0.1, 0.15) is 10.4 Å². The normalized spacial score (nSPS) is 17.0. The number of para-hydroxylation sites is 1. The van der Waals surface area contributed by atoms with Crippen LogP contribution in [0.5, 0.6) is 11.5 Å². The van der Waals surface area contributed by atoms with Crippen molar-refractivity contribution in [2.45, 2.75) is 11.7 Å². The van der Waals surface area contributed by atoms with Crippen molar-refractivity contribution in [1.29, 1.82) is 0 Å². The molecule has 0 N–H and O–H groups in total. The Hall–Kier alpha value is -1.50. The average molecular weight is 271 g/mol. The molecule has 1 aliphatic rings. The molecule has 0 saturated heterocycles. The quantitative estimate of drug-likeness (QED) is 0.471. The second-order valence-corrected chi connectivity index (χ2v) is 3.60. The molecule has 0 unspecified atom stereocenters. The lowest BCUT2D eigenvalue weighted by Crippen LogP contribution is -2.27. The van der Waals surface area contributed by atoms with Crippen LogP contribution in [0.25, 0.3) is 0 Å². The third kappa shape index (κ3) is 2.14. The lowest BCUT2D eigenvalue weighted by Gasteiger charge is -2.09. The molecule has 0 fully saturated rings. The fourth-order valence-corrected chi connectivity index (χ4v) is 1.40. The van der Waals surface area contributed by atoms with Crippen LogP contribution in [0.4, 0.5) is 17.6 Å². The topological polar surface area (TPSA) is 35.5 Å². The minimum Gasteiger partial charge on any atom is -0.395 e. The molecule has 0 bridgehead atoms. The molecular formula is C9H3ClF4O3. The zero-order valence-corrected chi connectivity index (χ0v) is 8.60. The summed E-state index contributed by atoms with van der Waals surface area (Å²) in [4.78, 5) is 11.2. The summed E-state index contributed by atoms with van der Waals surface area (Å²) in [6.07, 6.45) is -3.99. The number of alkyl halides is 5. The molecule has 0 radical (unpaired) electrons. The number of hydrogen-bond donors (Lipinski definition) is 0. The first-order valence-electron chi connectivity index (χ1n) is 4.21. The van der Waals surface area contributed by atoms with Gasteiger partial charge in [-0.15, -0.1) is 8.78 Å². The van der Waals surface area contributed by atoms with Crippen LogP contribution in [0, 0.1) is 0 Å². The first kappa shape index (κ1) is 12.0. The largest absolute Gasteiger partial charge is 0.586 e. The number of carbonyl (C=O) groups is 1. The van der Waals surface area contributed by atoms with Crippen LogP contribution >= 0.6 is 11.6 Å². The van der Waals surface area contributed by atoms with E-state index in [0.717, 1.165) is 18.2 Å². The predicted octanol–water partition coefficient (Wildman–Crippen LogP) is 3.02. The second kappa shape index (κ2) is 3.49. The maximum Gasteiger partial charge on any atom is 0.586 e. The summed E-state index contributed by atoms with van der Waals surface area (Å²) in [5.74, 6) is -3.08. The van der Waals surface area contributed by atoms with Gasteiger partial charge in [-0.2, -0.15) is 8.78 Å². The van der Waals surface area contributed by atoms with E-state index in [-0.39, 0.29) is 0 Å². The minimum atomic E-state index is -4.20. The van der Waals surface area contributed by atoms with Gasteiger partial charge in [-0.3, -0.25) is 4.79 Å². The second-order valence-electron chi connectivity index (χ2n) is 3.13. The van der Waals surface area contributed by atoms with Crippen LogP contribution in [0.2, 0.25) is 0 Å². The van der Waals surface area contributed by atoms with Gasteiger partial charge in [-0.25, -0.2) is 0 Å². The predicted molar refractivity (Wildman–Crippen MR) is 47.8 cm³/mol. The van der Waals surface area contributed by atoms with Crippen molar-refractivity contribution in [3.8, 4) is 11.5 Å². The van der Waals surface area contributed by atoms with Gasteiger partial charge in [0.15, 0.2) is 11.5 Å². The summed E-state index contributed by atoms with van der Waals surface area (Å²) in [5.41, 5.74) is -0.764. The molecule has 92 valence electrons. The van der Waals surface area contributed by atoms with E-state index >= 15 is 0 Å². The van der Waals surface area contributed by atoms with Crippen molar-refractivity contribution < 1.29 is 31.8 Å². The summed E-state index contributed by atoms with van der Waals surface area (Å²) in [7, 11) is 0. The van der Waals surface area contributed by atoms with Crippen molar-refractivity contribution in [3.63, 3.8) is 0 Å². The Morgan fingerprint density at radius 3 is 2.53 bits per heavy atom. The van der Waals surface area contributed by atoms with Gasteiger partial charge in [0.1, 0.15) is 0 Å². The molecule has 0 atom stereocenters. The number of halogens is 5. The molecule has 0 saturated carbocycles. The molecule has 1 heterocycles. The number of ketones is 1. The fraction of sp³-hybridized carbons (Fsp3) is 0.222. The third-order valence-electron chi connectivity index (χ3n) is 1.93. The molecular weight excluding hydrogens is 268 g/mol. The molecule has 0 aliphatic carbocycles. The number of hydrogen-bond acceptors (Lipinski definition) is 3. The van der Waals surface area contributed by atoms with Gasteiger partial charge in [0, 0.05) is 0 Å². The fourth-order valence-electron chi connectivity index (χ4n) is 1.30. The Morgan fingerprint density at radius 1 is 1.29 bits per heavy atom. The lowest BCUT2D eigenvalue weighted by molar-refractivity contribution is -0.286. The van der Waals surface area contributed by atoms with Gasteiger partial charge >= 0.3 is 11.7 Å². The smallest absolute Gasteiger partial charge is 0.395 e. The molecule has 1 aromatic carbocycles. The summed E-state index contributed by atoms with van der Waals surface area (Å²) >= 11 is 4.52. The number of Topliss-reactive ketones (excluding diaryl/α,β-unsaturated/α-hetero) is 1. The van der Waals surface area contributed by atoms with Gasteiger partial charge in [0.05, 0.1) is 5.56 Å². The number of ether oxygens (including phenoxy) is 2. The maximum absolute atomic E-state index is 12.7. The molecule has 1 aromatic rings. The van der Waals surface area contributed by atoms with E-state index in [2.05, 4.69) is 21.1 Å². The van der Waals surface area contributed by atoms with Crippen LogP contribution in [0.15, 0.2) is 18.2 Å². The van der Waals surface area contributed by atoms with Crippen LogP contribution in [-0.2, 0) is 0 Å². The van der Waals surface area contributed by atoms with Crippen LogP contribution < -0.4 is 9.47 Å². The molecule has 2 rings (SSSR count). The van der Waals surface area contributed by atoms with Crippen molar-refractivity contribution in [2.24, 2.45) is 0 Å². The zero-order chi connectivity index (χ0) is 12.8. The van der Waals surface area contributed by atoms with Crippen LogP contribution in [-0.4, -0.2) is 17.5 Å². The van der Waals surface area contributed by atoms with E-state index in [9.17, 15) is 22.4 Å². The van der Waals surface area contributed by atoms with Gasteiger partial charge < -0.3 is 9.47 Å². The highest BCUT2D eigenvalue weighted by Crippen LogP contribution is 2.44. The molecule has 0 spiro atoms. The maximum atomic E-state index is 12.7. The van der Waals surface area contributed by atoms with Gasteiger partial charge in [-0.05, 0) is 23.7 Å². The molecule has 8 heteroatoms. The standard InChI is InChI=1S/C9H3ClF4O3/c10-8(11,12)7(15)4-2-1-3-5-6(4)17-9(13,14)16-5/h1-3H. The van der Waals surface area contributed by atoms with E-state index < -0.39 is 34.5 Å². The highest BCUT2D eigenvalue weighted by Gasteiger charge is 2.47. The van der Waals surface area contributed by atoms with Gasteiger partial charge in [0.25, 0.3) is 5.78 Å². The third-order valence-corrected chi connectivity index (χ3v) is 2.10. The first-order chi connectivity index (χ1) is 7.71. The first-order valence-corrected chi connectivity index (χ1v) is 4.59. The Balaban J connectivity index is 2.47. The minimum absolute atomic E-state index is 0.498. The van der Waals surface area contributed by atoms with E-state index in [1.807, 2.05) is 0 Å². The zero-order valence-electron chi connectivity index (χ0n) is 7.85. The summed E-state index contributed by atoms with van der Waals surface area (Å²) in [6, 6.07) is 3.04. The molecule has 0 amide bonds. The summed E-state index contributed by atoms with van der Waals surface area (Å²) in [5, 5.41) is -4.20.